The van der Waals surface area contributed by atoms with Crippen molar-refractivity contribution < 1.29 is 5.11 Å². The summed E-state index contributed by atoms with van der Waals surface area (Å²) in [6.07, 6.45) is 1.70. The predicted molar refractivity (Wildman–Crippen MR) is 53.5 cm³/mol. The minimum absolute atomic E-state index is 0.207. The van der Waals surface area contributed by atoms with Crippen LogP contribution in [0.15, 0.2) is 28.1 Å². The van der Waals surface area contributed by atoms with E-state index >= 15 is 0 Å². The smallest absolute Gasteiger partial charge is 0.137 e. The minimum atomic E-state index is 0.207. The number of hydrogen-bond acceptors (Lipinski definition) is 2. The Bertz CT molecular complexity index is 220. The van der Waals surface area contributed by atoms with Crippen LogP contribution >= 0.6 is 0 Å². The maximum Gasteiger partial charge on any atom is 0.137 e. The first-order valence-electron chi connectivity index (χ1n) is 4.03. The maximum atomic E-state index is 9.52. The summed E-state index contributed by atoms with van der Waals surface area (Å²) in [4.78, 5) is 3.78. The van der Waals surface area contributed by atoms with Gasteiger partial charge in [0.15, 0.2) is 0 Å². The Balaban J connectivity index is 4.85. The molecule has 12 heavy (non-hydrogen) atoms. The molecule has 0 saturated heterocycles. The van der Waals surface area contributed by atoms with Crippen LogP contribution in [0.25, 0.3) is 0 Å². The lowest BCUT2D eigenvalue weighted by Crippen LogP contribution is -1.95. The van der Waals surface area contributed by atoms with Gasteiger partial charge in [-0.15, -0.1) is 0 Å². The minimum Gasteiger partial charge on any atom is -0.506 e. The highest BCUT2D eigenvalue weighted by atomic mass is 16.3. The largest absolute Gasteiger partial charge is 0.506 e. The molecule has 0 heterocycles. The van der Waals surface area contributed by atoms with E-state index in [1.807, 2.05) is 27.7 Å². The second-order valence-corrected chi connectivity index (χ2v) is 3.30. The fraction of sp³-hybridized carbons (Fsp3) is 0.500. The normalized spacial score (nSPS) is 12.4. The van der Waals surface area contributed by atoms with Crippen molar-refractivity contribution in [3.05, 3.63) is 23.1 Å². The van der Waals surface area contributed by atoms with Gasteiger partial charge in [-0.1, -0.05) is 19.4 Å². The maximum absolute atomic E-state index is 9.52. The lowest BCUT2D eigenvalue weighted by Gasteiger charge is -2.06. The van der Waals surface area contributed by atoms with Gasteiger partial charge in [-0.2, -0.15) is 0 Å². The number of hydrogen-bond donors (Lipinski definition) is 1. The van der Waals surface area contributed by atoms with Crippen LogP contribution in [-0.4, -0.2) is 11.8 Å². The van der Waals surface area contributed by atoms with E-state index in [-0.39, 0.29) is 11.7 Å². The van der Waals surface area contributed by atoms with Gasteiger partial charge in [0, 0.05) is 0 Å². The highest BCUT2D eigenvalue weighted by Gasteiger charge is 2.05. The van der Waals surface area contributed by atoms with Gasteiger partial charge in [-0.05, 0) is 32.6 Å². The predicted octanol–water partition coefficient (Wildman–Crippen LogP) is 3.08. The molecule has 68 valence electrons. The molecule has 0 bridgehead atoms. The van der Waals surface area contributed by atoms with Crippen LogP contribution in [0, 0.1) is 5.92 Å². The average Bonchev–Trinajstić information content (AvgIpc) is 1.85. The van der Waals surface area contributed by atoms with Crippen LogP contribution in [0.1, 0.15) is 27.7 Å². The van der Waals surface area contributed by atoms with E-state index in [2.05, 4.69) is 11.7 Å². The molecule has 2 heteroatoms. The van der Waals surface area contributed by atoms with Gasteiger partial charge in [0.25, 0.3) is 0 Å². The average molecular weight is 167 g/mol. The molecular weight excluding hydrogens is 150 g/mol. The van der Waals surface area contributed by atoms with E-state index in [1.54, 1.807) is 6.08 Å². The van der Waals surface area contributed by atoms with Crippen molar-refractivity contribution in [3.8, 4) is 0 Å². The molecule has 0 atom stereocenters. The van der Waals surface area contributed by atoms with Crippen LogP contribution in [0.3, 0.4) is 0 Å². The van der Waals surface area contributed by atoms with Crippen molar-refractivity contribution in [1.29, 1.82) is 0 Å². The molecule has 0 radical (unpaired) electrons. The Labute approximate surface area is 74.3 Å². The highest BCUT2D eigenvalue weighted by Crippen LogP contribution is 2.15. The van der Waals surface area contributed by atoms with Crippen LogP contribution < -0.4 is 0 Å². The Kier molecular flexibility index (Phi) is 4.34. The van der Waals surface area contributed by atoms with Gasteiger partial charge < -0.3 is 5.11 Å². The van der Waals surface area contributed by atoms with Crippen LogP contribution in [0.4, 0.5) is 0 Å². The Morgan fingerprint density at radius 1 is 1.42 bits per heavy atom. The first-order chi connectivity index (χ1) is 5.49. The number of aliphatic hydroxyl groups excluding tert-OH is 1. The van der Waals surface area contributed by atoms with Crippen molar-refractivity contribution in [2.75, 3.05) is 0 Å². The van der Waals surface area contributed by atoms with Crippen molar-refractivity contribution >= 4 is 6.72 Å². The van der Waals surface area contributed by atoms with E-state index in [1.165, 1.54) is 0 Å². The topological polar surface area (TPSA) is 32.6 Å². The molecule has 0 aromatic carbocycles. The molecule has 0 saturated carbocycles. The molecular formula is C10H17NO. The van der Waals surface area contributed by atoms with E-state index < -0.39 is 0 Å². The lowest BCUT2D eigenvalue weighted by molar-refractivity contribution is 0.415. The third-order valence-corrected chi connectivity index (χ3v) is 1.41. The van der Waals surface area contributed by atoms with Gasteiger partial charge in [-0.3, -0.25) is 4.99 Å². The number of rotatable bonds is 3. The van der Waals surface area contributed by atoms with Gasteiger partial charge in [0.05, 0.1) is 5.70 Å². The highest BCUT2D eigenvalue weighted by molar-refractivity contribution is 5.33. The summed E-state index contributed by atoms with van der Waals surface area (Å²) >= 11 is 0. The summed E-state index contributed by atoms with van der Waals surface area (Å²) in [7, 11) is 0. The molecule has 2 nitrogen and oxygen atoms in total. The summed E-state index contributed by atoms with van der Waals surface area (Å²) in [5.74, 6) is 0.429. The van der Waals surface area contributed by atoms with E-state index in [4.69, 9.17) is 0 Å². The van der Waals surface area contributed by atoms with Gasteiger partial charge in [0.2, 0.25) is 0 Å². The molecule has 0 amide bonds. The van der Waals surface area contributed by atoms with Crippen LogP contribution in [0.5, 0.6) is 0 Å². The Hall–Kier alpha value is -1.05. The fourth-order valence-corrected chi connectivity index (χ4v) is 0.907. The molecule has 0 unspecified atom stereocenters. The third-order valence-electron chi connectivity index (χ3n) is 1.41. The van der Waals surface area contributed by atoms with E-state index in [0.29, 0.717) is 5.70 Å². The quantitative estimate of drug-likeness (QED) is 0.391. The lowest BCUT2D eigenvalue weighted by atomic mass is 10.1. The van der Waals surface area contributed by atoms with Gasteiger partial charge >= 0.3 is 0 Å². The summed E-state index contributed by atoms with van der Waals surface area (Å²) < 4.78 is 0. The van der Waals surface area contributed by atoms with Crippen molar-refractivity contribution in [2.45, 2.75) is 27.7 Å². The zero-order valence-electron chi connectivity index (χ0n) is 8.26. The monoisotopic (exact) mass is 167 g/mol. The summed E-state index contributed by atoms with van der Waals surface area (Å²) in [6, 6.07) is 0. The molecule has 1 N–H and O–H groups in total. The first-order valence-corrected chi connectivity index (χ1v) is 4.03. The van der Waals surface area contributed by atoms with E-state index in [9.17, 15) is 5.11 Å². The van der Waals surface area contributed by atoms with E-state index in [0.717, 1.165) is 5.57 Å². The molecule has 0 aromatic heterocycles. The molecule has 0 fully saturated rings. The molecule has 0 spiro atoms. The number of aliphatic hydroxyl groups is 1. The standard InChI is InChI=1S/C10H17NO/c1-7(2)6-9(12)10(11-5)8(3)4/h6,8,12H,5H2,1-4H3/b10-9+. The van der Waals surface area contributed by atoms with Crippen LogP contribution in [0.2, 0.25) is 0 Å². The zero-order chi connectivity index (χ0) is 9.72. The number of allylic oxidation sites excluding steroid dienone is 3. The van der Waals surface area contributed by atoms with Gasteiger partial charge in [0.1, 0.15) is 5.76 Å². The molecule has 0 aliphatic carbocycles. The Morgan fingerprint density at radius 3 is 2.17 bits per heavy atom. The number of nitrogens with zero attached hydrogens (tertiary/aromatic N) is 1. The molecule has 0 aliphatic heterocycles. The zero-order valence-corrected chi connectivity index (χ0v) is 8.26. The van der Waals surface area contributed by atoms with Crippen molar-refractivity contribution in [1.82, 2.24) is 0 Å². The first kappa shape index (κ1) is 11.0. The SMILES string of the molecule is C=N/C(=C(/O)C=C(C)C)C(C)C. The summed E-state index contributed by atoms with van der Waals surface area (Å²) in [5, 5.41) is 9.52. The molecule has 0 aromatic rings. The Morgan fingerprint density at radius 2 is 1.92 bits per heavy atom. The fourth-order valence-electron chi connectivity index (χ4n) is 0.907. The molecule has 0 rings (SSSR count). The van der Waals surface area contributed by atoms with Crippen molar-refractivity contribution in [3.63, 3.8) is 0 Å². The summed E-state index contributed by atoms with van der Waals surface area (Å²) in [5.41, 5.74) is 1.70. The third kappa shape index (κ3) is 3.37. The second kappa shape index (κ2) is 4.75. The van der Waals surface area contributed by atoms with Crippen molar-refractivity contribution in [2.24, 2.45) is 10.9 Å². The number of aliphatic imine (C=N–C) groups is 1. The van der Waals surface area contributed by atoms with Crippen LogP contribution in [-0.2, 0) is 0 Å². The molecule has 0 aliphatic rings. The summed E-state index contributed by atoms with van der Waals surface area (Å²) in [6.45, 7) is 11.2. The second-order valence-electron chi connectivity index (χ2n) is 3.30. The van der Waals surface area contributed by atoms with Gasteiger partial charge in [-0.25, -0.2) is 0 Å².